The smallest absolute Gasteiger partial charge is 0.268 e. The highest BCUT2D eigenvalue weighted by Gasteiger charge is 2.29. The second kappa shape index (κ2) is 8.38. The van der Waals surface area contributed by atoms with Gasteiger partial charge in [0.05, 0.1) is 17.9 Å². The van der Waals surface area contributed by atoms with Crippen molar-refractivity contribution < 1.29 is 4.39 Å². The number of rotatable bonds is 6. The van der Waals surface area contributed by atoms with E-state index in [-0.39, 0.29) is 17.4 Å². The molecule has 2 saturated heterocycles. The third kappa shape index (κ3) is 4.24. The summed E-state index contributed by atoms with van der Waals surface area (Å²) >= 11 is 0. The molecule has 7 nitrogen and oxygen atoms in total. The molecule has 0 radical (unpaired) electrons. The summed E-state index contributed by atoms with van der Waals surface area (Å²) in [6.07, 6.45) is 2.87. The molecular weight excluding hydrogens is 359 g/mol. The molecule has 3 atom stereocenters. The Morgan fingerprint density at radius 2 is 2.11 bits per heavy atom. The standard InChI is InChI=1S/C20H27FN6O/c1-26-19(28)8-18(12-24-26)27-7-6-14(13-27)9-22-10-16-11-23-25-20(16)15-2-4-17(21)5-3-15/h2-5,8,12,14,16,20,22-23,25H,6-7,9-11,13H2,1H3. The van der Waals surface area contributed by atoms with E-state index >= 15 is 0 Å². The van der Waals surface area contributed by atoms with Crippen molar-refractivity contribution in [1.29, 1.82) is 0 Å². The van der Waals surface area contributed by atoms with Crippen molar-refractivity contribution in [1.82, 2.24) is 25.9 Å². The lowest BCUT2D eigenvalue weighted by Crippen LogP contribution is -2.33. The van der Waals surface area contributed by atoms with Crippen molar-refractivity contribution in [3.8, 4) is 0 Å². The topological polar surface area (TPSA) is 74.2 Å². The molecule has 8 heteroatoms. The van der Waals surface area contributed by atoms with Crippen LogP contribution in [0.4, 0.5) is 10.1 Å². The van der Waals surface area contributed by atoms with Gasteiger partial charge < -0.3 is 10.2 Å². The number of hydrogen-bond acceptors (Lipinski definition) is 6. The van der Waals surface area contributed by atoms with Crippen LogP contribution in [0.3, 0.4) is 0 Å². The number of hydrazine groups is 1. The fourth-order valence-electron chi connectivity index (χ4n) is 4.09. The summed E-state index contributed by atoms with van der Waals surface area (Å²) in [6, 6.07) is 8.56. The van der Waals surface area contributed by atoms with Gasteiger partial charge in [0.1, 0.15) is 5.82 Å². The van der Waals surface area contributed by atoms with Gasteiger partial charge in [0.25, 0.3) is 5.56 Å². The Hall–Kier alpha value is -2.29. The van der Waals surface area contributed by atoms with E-state index in [9.17, 15) is 9.18 Å². The van der Waals surface area contributed by atoms with Crippen molar-refractivity contribution in [2.75, 3.05) is 37.6 Å². The highest BCUT2D eigenvalue weighted by molar-refractivity contribution is 5.44. The van der Waals surface area contributed by atoms with Crippen LogP contribution in [0.2, 0.25) is 0 Å². The first-order chi connectivity index (χ1) is 13.6. The number of nitrogens with zero attached hydrogens (tertiary/aromatic N) is 3. The molecule has 2 aliphatic rings. The normalized spacial score (nSPS) is 24.8. The van der Waals surface area contributed by atoms with E-state index in [0.717, 1.165) is 50.4 Å². The number of anilines is 1. The monoisotopic (exact) mass is 386 g/mol. The number of aromatic nitrogens is 2. The lowest BCUT2D eigenvalue weighted by molar-refractivity contribution is 0.418. The van der Waals surface area contributed by atoms with Gasteiger partial charge in [-0.2, -0.15) is 5.10 Å². The van der Waals surface area contributed by atoms with Gasteiger partial charge in [-0.3, -0.25) is 10.2 Å². The minimum absolute atomic E-state index is 0.0767. The van der Waals surface area contributed by atoms with Gasteiger partial charge in [-0.1, -0.05) is 12.1 Å². The first-order valence-electron chi connectivity index (χ1n) is 9.83. The fraction of sp³-hybridized carbons (Fsp3) is 0.500. The SMILES string of the molecule is Cn1ncc(N2CCC(CNCC3CNNC3c3ccc(F)cc3)C2)cc1=O. The molecule has 1 aromatic carbocycles. The van der Waals surface area contributed by atoms with Crippen LogP contribution in [-0.2, 0) is 7.05 Å². The zero-order valence-electron chi connectivity index (χ0n) is 16.1. The summed E-state index contributed by atoms with van der Waals surface area (Å²) in [5.41, 5.74) is 8.45. The van der Waals surface area contributed by atoms with Crippen LogP contribution in [0.1, 0.15) is 18.0 Å². The summed E-state index contributed by atoms with van der Waals surface area (Å²) in [5.74, 6) is 0.751. The molecule has 3 unspecified atom stereocenters. The lowest BCUT2D eigenvalue weighted by atomic mass is 9.94. The molecule has 0 spiro atoms. The number of hydrogen-bond donors (Lipinski definition) is 3. The quantitative estimate of drug-likeness (QED) is 0.682. The van der Waals surface area contributed by atoms with Crippen molar-refractivity contribution in [2.24, 2.45) is 18.9 Å². The number of aryl methyl sites for hydroxylation is 1. The molecular formula is C20H27FN6O. The third-order valence-electron chi connectivity index (χ3n) is 5.77. The van der Waals surface area contributed by atoms with E-state index in [4.69, 9.17) is 0 Å². The molecule has 1 aromatic heterocycles. The Morgan fingerprint density at radius 3 is 2.89 bits per heavy atom. The van der Waals surface area contributed by atoms with Gasteiger partial charge in [0.15, 0.2) is 0 Å². The zero-order chi connectivity index (χ0) is 19.5. The summed E-state index contributed by atoms with van der Waals surface area (Å²) in [4.78, 5) is 14.0. The predicted molar refractivity (Wildman–Crippen MR) is 106 cm³/mol. The second-order valence-corrected chi connectivity index (χ2v) is 7.75. The maximum absolute atomic E-state index is 13.2. The van der Waals surface area contributed by atoms with Gasteiger partial charge in [-0.25, -0.2) is 14.5 Å². The van der Waals surface area contributed by atoms with Crippen molar-refractivity contribution in [2.45, 2.75) is 12.5 Å². The third-order valence-corrected chi connectivity index (χ3v) is 5.77. The van der Waals surface area contributed by atoms with Crippen LogP contribution in [0.5, 0.6) is 0 Å². The summed E-state index contributed by atoms with van der Waals surface area (Å²) in [5, 5.41) is 7.73. The molecule has 2 aromatic rings. The van der Waals surface area contributed by atoms with E-state index in [1.54, 1.807) is 19.3 Å². The van der Waals surface area contributed by atoms with Gasteiger partial charge in [-0.15, -0.1) is 0 Å². The molecule has 28 heavy (non-hydrogen) atoms. The Balaban J connectivity index is 1.26. The second-order valence-electron chi connectivity index (χ2n) is 7.75. The van der Waals surface area contributed by atoms with Gasteiger partial charge in [0.2, 0.25) is 0 Å². The van der Waals surface area contributed by atoms with E-state index < -0.39 is 0 Å². The molecule has 0 saturated carbocycles. The first-order valence-corrected chi connectivity index (χ1v) is 9.83. The van der Waals surface area contributed by atoms with E-state index in [2.05, 4.69) is 26.2 Å². The summed E-state index contributed by atoms with van der Waals surface area (Å²) < 4.78 is 14.5. The van der Waals surface area contributed by atoms with Gasteiger partial charge >= 0.3 is 0 Å². The zero-order valence-corrected chi connectivity index (χ0v) is 16.1. The van der Waals surface area contributed by atoms with Crippen LogP contribution in [0, 0.1) is 17.7 Å². The van der Waals surface area contributed by atoms with E-state index in [0.29, 0.717) is 11.8 Å². The van der Waals surface area contributed by atoms with Gasteiger partial charge in [0, 0.05) is 45.2 Å². The maximum Gasteiger partial charge on any atom is 0.268 e. The molecule has 150 valence electrons. The maximum atomic E-state index is 13.2. The Labute approximate surface area is 163 Å². The summed E-state index contributed by atoms with van der Waals surface area (Å²) in [6.45, 7) is 4.61. The Morgan fingerprint density at radius 1 is 1.29 bits per heavy atom. The minimum atomic E-state index is -0.207. The van der Waals surface area contributed by atoms with Crippen molar-refractivity contribution in [3.63, 3.8) is 0 Å². The molecule has 4 rings (SSSR count). The predicted octanol–water partition coefficient (Wildman–Crippen LogP) is 0.801. The van der Waals surface area contributed by atoms with Crippen molar-refractivity contribution >= 4 is 5.69 Å². The van der Waals surface area contributed by atoms with Crippen LogP contribution in [0.25, 0.3) is 0 Å². The van der Waals surface area contributed by atoms with E-state index in [1.165, 1.54) is 16.8 Å². The summed E-state index contributed by atoms with van der Waals surface area (Å²) in [7, 11) is 1.66. The highest BCUT2D eigenvalue weighted by atomic mass is 19.1. The Kier molecular flexibility index (Phi) is 5.70. The lowest BCUT2D eigenvalue weighted by Gasteiger charge is -2.21. The van der Waals surface area contributed by atoms with Crippen LogP contribution in [0.15, 0.2) is 41.3 Å². The molecule has 0 aliphatic carbocycles. The molecule has 0 bridgehead atoms. The van der Waals surface area contributed by atoms with Crippen LogP contribution in [-0.4, -0.2) is 42.5 Å². The van der Waals surface area contributed by atoms with Crippen molar-refractivity contribution in [3.05, 3.63) is 58.3 Å². The highest BCUT2D eigenvalue weighted by Crippen LogP contribution is 2.25. The molecule has 3 heterocycles. The van der Waals surface area contributed by atoms with Crippen LogP contribution < -0.4 is 26.6 Å². The fourth-order valence-corrected chi connectivity index (χ4v) is 4.09. The molecule has 2 fully saturated rings. The van der Waals surface area contributed by atoms with Gasteiger partial charge in [-0.05, 0) is 36.6 Å². The molecule has 2 aliphatic heterocycles. The van der Waals surface area contributed by atoms with Crippen LogP contribution >= 0.6 is 0 Å². The average Bonchev–Trinajstić information content (AvgIpc) is 3.35. The first kappa shape index (κ1) is 19.0. The largest absolute Gasteiger partial charge is 0.370 e. The minimum Gasteiger partial charge on any atom is -0.370 e. The number of halogens is 1. The van der Waals surface area contributed by atoms with E-state index in [1.807, 2.05) is 12.1 Å². The number of benzene rings is 1. The Bertz CT molecular complexity index is 855. The average molecular weight is 386 g/mol. The molecule has 0 amide bonds. The molecule has 3 N–H and O–H groups in total. The number of nitrogens with one attached hydrogen (secondary N) is 3.